The van der Waals surface area contributed by atoms with Crippen LogP contribution in [0, 0.1) is 0 Å². The number of nitrogens with zero attached hydrogens (tertiary/aromatic N) is 2. The lowest BCUT2D eigenvalue weighted by atomic mass is 10.1. The highest BCUT2D eigenvalue weighted by Crippen LogP contribution is 2.06. The fourth-order valence-corrected chi connectivity index (χ4v) is 1.33. The van der Waals surface area contributed by atoms with E-state index < -0.39 is 0 Å². The van der Waals surface area contributed by atoms with Gasteiger partial charge in [-0.25, -0.2) is 4.99 Å². The molecule has 3 N–H and O–H groups in total. The highest BCUT2D eigenvalue weighted by molar-refractivity contribution is 5.77. The number of aromatic nitrogens is 1. The SMILES string of the molecule is CCNC(N)=NCc1ncccc1CC. The minimum Gasteiger partial charge on any atom is -0.370 e. The monoisotopic (exact) mass is 206 g/mol. The first-order valence-corrected chi connectivity index (χ1v) is 5.24. The van der Waals surface area contributed by atoms with E-state index in [1.807, 2.05) is 13.0 Å². The van der Waals surface area contributed by atoms with E-state index in [1.54, 1.807) is 6.20 Å². The summed E-state index contributed by atoms with van der Waals surface area (Å²) in [5.41, 5.74) is 7.86. The lowest BCUT2D eigenvalue weighted by molar-refractivity contribution is 0.893. The molecule has 0 spiro atoms. The molecule has 0 amide bonds. The third-order valence-corrected chi connectivity index (χ3v) is 2.12. The van der Waals surface area contributed by atoms with Crippen LogP contribution in [0.2, 0.25) is 0 Å². The summed E-state index contributed by atoms with van der Waals surface area (Å²) in [5.74, 6) is 0.477. The van der Waals surface area contributed by atoms with Gasteiger partial charge in [-0.05, 0) is 25.0 Å². The minimum atomic E-state index is 0.477. The lowest BCUT2D eigenvalue weighted by Gasteiger charge is -2.04. The van der Waals surface area contributed by atoms with Crippen molar-refractivity contribution in [1.82, 2.24) is 10.3 Å². The molecule has 0 saturated carbocycles. The first-order valence-electron chi connectivity index (χ1n) is 5.24. The predicted molar refractivity (Wildman–Crippen MR) is 62.6 cm³/mol. The quantitative estimate of drug-likeness (QED) is 0.572. The maximum absolute atomic E-state index is 5.63. The van der Waals surface area contributed by atoms with Gasteiger partial charge in [0.15, 0.2) is 5.96 Å². The second kappa shape index (κ2) is 6.01. The van der Waals surface area contributed by atoms with E-state index in [4.69, 9.17) is 5.73 Å². The maximum Gasteiger partial charge on any atom is 0.188 e. The van der Waals surface area contributed by atoms with Crippen molar-refractivity contribution < 1.29 is 0 Å². The summed E-state index contributed by atoms with van der Waals surface area (Å²) in [5, 5.41) is 2.95. The summed E-state index contributed by atoms with van der Waals surface area (Å²) in [6.07, 6.45) is 2.76. The molecule has 1 heterocycles. The number of aryl methyl sites for hydroxylation is 1. The van der Waals surface area contributed by atoms with E-state index in [-0.39, 0.29) is 0 Å². The van der Waals surface area contributed by atoms with E-state index in [1.165, 1.54) is 5.56 Å². The Labute approximate surface area is 90.6 Å². The summed E-state index contributed by atoms with van der Waals surface area (Å²) >= 11 is 0. The Hall–Kier alpha value is -1.58. The Morgan fingerprint density at radius 2 is 2.33 bits per heavy atom. The Morgan fingerprint density at radius 1 is 1.53 bits per heavy atom. The molecular formula is C11H18N4. The molecule has 0 radical (unpaired) electrons. The van der Waals surface area contributed by atoms with Crippen molar-refractivity contribution in [3.8, 4) is 0 Å². The highest BCUT2D eigenvalue weighted by atomic mass is 15.1. The molecule has 82 valence electrons. The molecule has 15 heavy (non-hydrogen) atoms. The Kier molecular flexibility index (Phi) is 4.60. The molecule has 0 saturated heterocycles. The van der Waals surface area contributed by atoms with Crippen molar-refractivity contribution in [3.63, 3.8) is 0 Å². The van der Waals surface area contributed by atoms with Crippen molar-refractivity contribution in [2.24, 2.45) is 10.7 Å². The van der Waals surface area contributed by atoms with Gasteiger partial charge in [-0.2, -0.15) is 0 Å². The lowest BCUT2D eigenvalue weighted by Crippen LogP contribution is -2.31. The van der Waals surface area contributed by atoms with Gasteiger partial charge in [0, 0.05) is 12.7 Å². The second-order valence-corrected chi connectivity index (χ2v) is 3.19. The van der Waals surface area contributed by atoms with Crippen LogP contribution in [0.3, 0.4) is 0 Å². The van der Waals surface area contributed by atoms with Gasteiger partial charge in [-0.1, -0.05) is 13.0 Å². The Morgan fingerprint density at radius 3 is 3.00 bits per heavy atom. The zero-order valence-electron chi connectivity index (χ0n) is 9.33. The zero-order valence-corrected chi connectivity index (χ0v) is 9.33. The van der Waals surface area contributed by atoms with Gasteiger partial charge in [0.25, 0.3) is 0 Å². The summed E-state index contributed by atoms with van der Waals surface area (Å²) in [6, 6.07) is 4.01. The van der Waals surface area contributed by atoms with Crippen LogP contribution in [-0.4, -0.2) is 17.5 Å². The third kappa shape index (κ3) is 3.58. The molecule has 4 nitrogen and oxygen atoms in total. The molecular weight excluding hydrogens is 188 g/mol. The molecule has 0 unspecified atom stereocenters. The Balaban J connectivity index is 2.68. The molecule has 0 aliphatic carbocycles. The summed E-state index contributed by atoms with van der Waals surface area (Å²) < 4.78 is 0. The largest absolute Gasteiger partial charge is 0.370 e. The fraction of sp³-hybridized carbons (Fsp3) is 0.455. The number of aliphatic imine (C=N–C) groups is 1. The fourth-order valence-electron chi connectivity index (χ4n) is 1.33. The molecule has 0 aliphatic heterocycles. The van der Waals surface area contributed by atoms with Crippen LogP contribution >= 0.6 is 0 Å². The third-order valence-electron chi connectivity index (χ3n) is 2.12. The van der Waals surface area contributed by atoms with Crippen LogP contribution < -0.4 is 11.1 Å². The number of hydrogen-bond acceptors (Lipinski definition) is 2. The van der Waals surface area contributed by atoms with Crippen LogP contribution in [0.15, 0.2) is 23.3 Å². The maximum atomic E-state index is 5.63. The van der Waals surface area contributed by atoms with E-state index in [0.717, 1.165) is 18.7 Å². The molecule has 0 aromatic carbocycles. The molecule has 1 rings (SSSR count). The second-order valence-electron chi connectivity index (χ2n) is 3.19. The summed E-state index contributed by atoms with van der Waals surface area (Å²) in [6.45, 7) is 5.43. The van der Waals surface area contributed by atoms with E-state index in [2.05, 4.69) is 28.3 Å². The smallest absolute Gasteiger partial charge is 0.188 e. The van der Waals surface area contributed by atoms with E-state index in [9.17, 15) is 0 Å². The van der Waals surface area contributed by atoms with Crippen molar-refractivity contribution in [2.75, 3.05) is 6.54 Å². The summed E-state index contributed by atoms with van der Waals surface area (Å²) in [7, 11) is 0. The van der Waals surface area contributed by atoms with Gasteiger partial charge < -0.3 is 11.1 Å². The molecule has 0 fully saturated rings. The number of pyridine rings is 1. The molecule has 0 bridgehead atoms. The van der Waals surface area contributed by atoms with Gasteiger partial charge in [0.1, 0.15) is 0 Å². The van der Waals surface area contributed by atoms with Crippen molar-refractivity contribution in [2.45, 2.75) is 26.8 Å². The van der Waals surface area contributed by atoms with E-state index >= 15 is 0 Å². The van der Waals surface area contributed by atoms with Crippen LogP contribution in [0.4, 0.5) is 0 Å². The first kappa shape index (κ1) is 11.5. The van der Waals surface area contributed by atoms with Crippen LogP contribution in [0.5, 0.6) is 0 Å². The Bertz CT molecular complexity index is 333. The minimum absolute atomic E-state index is 0.477. The molecule has 0 atom stereocenters. The van der Waals surface area contributed by atoms with Crippen LogP contribution in [0.25, 0.3) is 0 Å². The highest BCUT2D eigenvalue weighted by Gasteiger charge is 1.99. The zero-order chi connectivity index (χ0) is 11.1. The van der Waals surface area contributed by atoms with Gasteiger partial charge in [-0.15, -0.1) is 0 Å². The van der Waals surface area contributed by atoms with Crippen molar-refractivity contribution in [1.29, 1.82) is 0 Å². The average Bonchev–Trinajstić information content (AvgIpc) is 2.27. The van der Waals surface area contributed by atoms with Crippen LogP contribution in [-0.2, 0) is 13.0 Å². The number of nitrogens with two attached hydrogens (primary N) is 1. The van der Waals surface area contributed by atoms with Crippen molar-refractivity contribution in [3.05, 3.63) is 29.6 Å². The molecule has 1 aromatic rings. The number of rotatable bonds is 4. The molecule has 1 aromatic heterocycles. The predicted octanol–water partition coefficient (Wildman–Crippen LogP) is 1.07. The first-order chi connectivity index (χ1) is 7.27. The van der Waals surface area contributed by atoms with Gasteiger partial charge >= 0.3 is 0 Å². The van der Waals surface area contributed by atoms with Crippen LogP contribution in [0.1, 0.15) is 25.1 Å². The van der Waals surface area contributed by atoms with Gasteiger partial charge in [-0.3, -0.25) is 4.98 Å². The standard InChI is InChI=1S/C11H18N4/c1-3-9-6-5-7-14-10(9)8-15-11(12)13-4-2/h5-7H,3-4,8H2,1-2H3,(H3,12,13,15). The van der Waals surface area contributed by atoms with Crippen molar-refractivity contribution >= 4 is 5.96 Å². The molecule has 0 aliphatic rings. The van der Waals surface area contributed by atoms with Gasteiger partial charge in [0.05, 0.1) is 12.2 Å². The topological polar surface area (TPSA) is 63.3 Å². The number of hydrogen-bond donors (Lipinski definition) is 2. The number of guanidine groups is 1. The number of nitrogens with one attached hydrogen (secondary N) is 1. The van der Waals surface area contributed by atoms with E-state index in [0.29, 0.717) is 12.5 Å². The van der Waals surface area contributed by atoms with Gasteiger partial charge in [0.2, 0.25) is 0 Å². The molecule has 4 heteroatoms. The average molecular weight is 206 g/mol. The summed E-state index contributed by atoms with van der Waals surface area (Å²) in [4.78, 5) is 8.50. The normalized spacial score (nSPS) is 11.5.